The maximum Gasteiger partial charge on any atom is 0.229 e. The van der Waals surface area contributed by atoms with Crippen LogP contribution in [-0.2, 0) is 11.2 Å². The van der Waals surface area contributed by atoms with Crippen LogP contribution in [0.2, 0.25) is 0 Å². The van der Waals surface area contributed by atoms with Crippen LogP contribution in [0.15, 0.2) is 24.3 Å². The van der Waals surface area contributed by atoms with Gasteiger partial charge in [0, 0.05) is 5.56 Å². The van der Waals surface area contributed by atoms with Crippen molar-refractivity contribution in [1.82, 2.24) is 0 Å². The van der Waals surface area contributed by atoms with E-state index in [0.717, 1.165) is 12.0 Å². The predicted molar refractivity (Wildman–Crippen MR) is 65.7 cm³/mol. The summed E-state index contributed by atoms with van der Waals surface area (Å²) in [7, 11) is 0. The molecule has 0 unspecified atom stereocenters. The molecule has 1 aromatic carbocycles. The zero-order chi connectivity index (χ0) is 11.8. The molecule has 0 aliphatic rings. The van der Waals surface area contributed by atoms with Crippen molar-refractivity contribution in [3.8, 4) is 11.8 Å². The van der Waals surface area contributed by atoms with Crippen LogP contribution in [0.5, 0.6) is 0 Å². The molecular weight excluding hydrogens is 198 g/mol. The van der Waals surface area contributed by atoms with E-state index < -0.39 is 0 Å². The lowest BCUT2D eigenvalue weighted by molar-refractivity contribution is -0.117. The molecule has 0 aliphatic carbocycles. The molecular formula is C14H17NO. The molecule has 0 atom stereocenters. The Balaban J connectivity index is 2.56. The third-order valence-corrected chi connectivity index (χ3v) is 2.27. The quantitative estimate of drug-likeness (QED) is 0.769. The fourth-order valence-corrected chi connectivity index (χ4v) is 1.37. The van der Waals surface area contributed by atoms with Crippen LogP contribution < -0.4 is 5.73 Å². The molecule has 2 N–H and O–H groups in total. The Bertz CT molecular complexity index is 395. The summed E-state index contributed by atoms with van der Waals surface area (Å²) in [6.45, 7) is 2.18. The van der Waals surface area contributed by atoms with Crippen LogP contribution >= 0.6 is 0 Å². The van der Waals surface area contributed by atoms with Crippen LogP contribution in [0.25, 0.3) is 0 Å². The zero-order valence-corrected chi connectivity index (χ0v) is 9.62. The Kier molecular flexibility index (Phi) is 5.15. The lowest BCUT2D eigenvalue weighted by atomic mass is 10.1. The average molecular weight is 215 g/mol. The minimum Gasteiger partial charge on any atom is -0.369 e. The fourth-order valence-electron chi connectivity index (χ4n) is 1.37. The number of benzene rings is 1. The molecule has 2 heteroatoms. The monoisotopic (exact) mass is 215 g/mol. The van der Waals surface area contributed by atoms with Crippen molar-refractivity contribution >= 4 is 5.91 Å². The standard InChI is InChI=1S/C14H17NO/c1-2-3-5-12-8-10-13(11-9-12)6-4-7-14(15)16/h8-11H,2-3,5,7H2,1H3,(H2,15,16). The van der Waals surface area contributed by atoms with Crippen molar-refractivity contribution in [1.29, 1.82) is 0 Å². The van der Waals surface area contributed by atoms with Gasteiger partial charge in [-0.25, -0.2) is 0 Å². The Labute approximate surface area is 96.9 Å². The summed E-state index contributed by atoms with van der Waals surface area (Å²) >= 11 is 0. The summed E-state index contributed by atoms with van der Waals surface area (Å²) in [4.78, 5) is 10.5. The Morgan fingerprint density at radius 2 is 2.00 bits per heavy atom. The third kappa shape index (κ3) is 4.65. The first kappa shape index (κ1) is 12.3. The van der Waals surface area contributed by atoms with Crippen LogP contribution in [0.3, 0.4) is 0 Å². The van der Waals surface area contributed by atoms with E-state index in [1.165, 1.54) is 18.4 Å². The van der Waals surface area contributed by atoms with Gasteiger partial charge in [0.15, 0.2) is 0 Å². The zero-order valence-electron chi connectivity index (χ0n) is 9.62. The van der Waals surface area contributed by atoms with E-state index in [4.69, 9.17) is 5.73 Å². The van der Waals surface area contributed by atoms with Gasteiger partial charge < -0.3 is 5.73 Å². The van der Waals surface area contributed by atoms with Gasteiger partial charge in [-0.3, -0.25) is 4.79 Å². The molecule has 1 rings (SSSR count). The summed E-state index contributed by atoms with van der Waals surface area (Å²) in [5.41, 5.74) is 7.26. The fraction of sp³-hybridized carbons (Fsp3) is 0.357. The van der Waals surface area contributed by atoms with Crippen LogP contribution in [0.1, 0.15) is 37.3 Å². The number of carbonyl (C=O) groups excluding carboxylic acids is 1. The second kappa shape index (κ2) is 6.68. The van der Waals surface area contributed by atoms with Crippen molar-refractivity contribution in [3.63, 3.8) is 0 Å². The highest BCUT2D eigenvalue weighted by Gasteiger charge is 1.92. The smallest absolute Gasteiger partial charge is 0.229 e. The molecule has 2 nitrogen and oxygen atoms in total. The Morgan fingerprint density at radius 3 is 2.56 bits per heavy atom. The highest BCUT2D eigenvalue weighted by molar-refractivity contribution is 5.76. The summed E-state index contributed by atoms with van der Waals surface area (Å²) in [6, 6.07) is 8.14. The summed E-state index contributed by atoms with van der Waals surface area (Å²) in [6.07, 6.45) is 3.66. The van der Waals surface area contributed by atoms with E-state index in [2.05, 4.69) is 30.9 Å². The van der Waals surface area contributed by atoms with E-state index in [1.54, 1.807) is 0 Å². The van der Waals surface area contributed by atoms with Crippen molar-refractivity contribution in [3.05, 3.63) is 35.4 Å². The minimum atomic E-state index is -0.382. The number of hydrogen-bond acceptors (Lipinski definition) is 1. The molecule has 84 valence electrons. The highest BCUT2D eigenvalue weighted by Crippen LogP contribution is 2.06. The number of rotatable bonds is 4. The van der Waals surface area contributed by atoms with Gasteiger partial charge in [0.25, 0.3) is 0 Å². The predicted octanol–water partition coefficient (Wildman–Crippen LogP) is 2.26. The Hall–Kier alpha value is -1.75. The summed E-state index contributed by atoms with van der Waals surface area (Å²) < 4.78 is 0. The molecule has 0 aromatic heterocycles. The number of aryl methyl sites for hydroxylation is 1. The number of amides is 1. The number of carbonyl (C=O) groups is 1. The van der Waals surface area contributed by atoms with Gasteiger partial charge in [0.05, 0.1) is 6.42 Å². The molecule has 16 heavy (non-hydrogen) atoms. The number of unbranched alkanes of at least 4 members (excludes halogenated alkanes) is 1. The van der Waals surface area contributed by atoms with Gasteiger partial charge in [0.2, 0.25) is 5.91 Å². The molecule has 0 heterocycles. The van der Waals surface area contributed by atoms with Gasteiger partial charge in [-0.15, -0.1) is 0 Å². The number of hydrogen-bond donors (Lipinski definition) is 1. The summed E-state index contributed by atoms with van der Waals surface area (Å²) in [5.74, 6) is 5.27. The lowest BCUT2D eigenvalue weighted by Crippen LogP contribution is -2.08. The first-order valence-corrected chi connectivity index (χ1v) is 5.58. The van der Waals surface area contributed by atoms with E-state index >= 15 is 0 Å². The second-order valence-corrected chi connectivity index (χ2v) is 3.75. The van der Waals surface area contributed by atoms with Crippen molar-refractivity contribution in [2.75, 3.05) is 0 Å². The normalized spacial score (nSPS) is 9.31. The maximum absolute atomic E-state index is 10.5. The SMILES string of the molecule is CCCCc1ccc(C#CCC(N)=O)cc1. The topological polar surface area (TPSA) is 43.1 Å². The van der Waals surface area contributed by atoms with Crippen molar-refractivity contribution < 1.29 is 4.79 Å². The van der Waals surface area contributed by atoms with Gasteiger partial charge in [-0.05, 0) is 30.5 Å². The molecule has 0 radical (unpaired) electrons. The molecule has 0 aliphatic heterocycles. The minimum absolute atomic E-state index is 0.123. The Morgan fingerprint density at radius 1 is 1.31 bits per heavy atom. The van der Waals surface area contributed by atoms with Gasteiger partial charge in [-0.1, -0.05) is 37.3 Å². The summed E-state index contributed by atoms with van der Waals surface area (Å²) in [5, 5.41) is 0. The molecule has 1 aromatic rings. The van der Waals surface area contributed by atoms with E-state index in [-0.39, 0.29) is 12.3 Å². The largest absolute Gasteiger partial charge is 0.369 e. The first-order chi connectivity index (χ1) is 7.72. The molecule has 0 bridgehead atoms. The van der Waals surface area contributed by atoms with Crippen LogP contribution in [0, 0.1) is 11.8 Å². The van der Waals surface area contributed by atoms with Crippen LogP contribution in [0.4, 0.5) is 0 Å². The highest BCUT2D eigenvalue weighted by atomic mass is 16.1. The van der Waals surface area contributed by atoms with Gasteiger partial charge in [-0.2, -0.15) is 0 Å². The average Bonchev–Trinajstić information content (AvgIpc) is 2.27. The third-order valence-electron chi connectivity index (χ3n) is 2.27. The van der Waals surface area contributed by atoms with E-state index in [9.17, 15) is 4.79 Å². The van der Waals surface area contributed by atoms with Crippen LogP contribution in [-0.4, -0.2) is 5.91 Å². The van der Waals surface area contributed by atoms with Gasteiger partial charge in [0.1, 0.15) is 0 Å². The maximum atomic E-state index is 10.5. The van der Waals surface area contributed by atoms with Crippen molar-refractivity contribution in [2.45, 2.75) is 32.6 Å². The molecule has 0 saturated heterocycles. The molecule has 0 spiro atoms. The number of primary amides is 1. The van der Waals surface area contributed by atoms with E-state index in [0.29, 0.717) is 0 Å². The molecule has 0 saturated carbocycles. The molecule has 0 fully saturated rings. The van der Waals surface area contributed by atoms with Crippen molar-refractivity contribution in [2.24, 2.45) is 5.73 Å². The number of nitrogens with two attached hydrogens (primary N) is 1. The molecule has 1 amide bonds. The van der Waals surface area contributed by atoms with E-state index in [1.807, 2.05) is 12.1 Å². The second-order valence-electron chi connectivity index (χ2n) is 3.75. The lowest BCUT2D eigenvalue weighted by Gasteiger charge is -1.99. The van der Waals surface area contributed by atoms with Gasteiger partial charge >= 0.3 is 0 Å². The first-order valence-electron chi connectivity index (χ1n) is 5.58.